The topological polar surface area (TPSA) is 89.6 Å². The maximum atomic E-state index is 12.8. The molecule has 2 saturated heterocycles. The number of hydrogen-bond acceptors (Lipinski definition) is 5. The number of nitrogens with zero attached hydrogens (tertiary/aromatic N) is 4. The Kier molecular flexibility index (Phi) is 3.76. The van der Waals surface area contributed by atoms with Crippen molar-refractivity contribution in [3.8, 4) is 0 Å². The Morgan fingerprint density at radius 1 is 1.16 bits per heavy atom. The van der Waals surface area contributed by atoms with Gasteiger partial charge in [0.1, 0.15) is 6.04 Å². The Hall–Kier alpha value is -2.74. The van der Waals surface area contributed by atoms with Crippen LogP contribution in [0.25, 0.3) is 10.9 Å². The number of nitrogens with one attached hydrogen (secondary N) is 1. The number of hydrogen-bond donors (Lipinski definition) is 1. The van der Waals surface area contributed by atoms with Gasteiger partial charge in [-0.25, -0.2) is 4.98 Å². The lowest BCUT2D eigenvalue weighted by Crippen LogP contribution is -2.64. The van der Waals surface area contributed by atoms with Crippen molar-refractivity contribution in [2.24, 2.45) is 0 Å². The fourth-order valence-corrected chi connectivity index (χ4v) is 3.49. The number of piperazine rings is 2. The second-order valence-electron chi connectivity index (χ2n) is 6.49. The van der Waals surface area contributed by atoms with E-state index in [1.54, 1.807) is 41.1 Å². The van der Waals surface area contributed by atoms with Gasteiger partial charge in [-0.3, -0.25) is 19.3 Å². The van der Waals surface area contributed by atoms with Gasteiger partial charge in [0, 0.05) is 39.8 Å². The number of para-hydroxylation sites is 1. The Bertz CT molecular complexity index is 909. The highest BCUT2D eigenvalue weighted by Gasteiger charge is 2.39. The van der Waals surface area contributed by atoms with E-state index in [0.29, 0.717) is 37.1 Å². The van der Waals surface area contributed by atoms with Gasteiger partial charge >= 0.3 is 0 Å². The summed E-state index contributed by atoms with van der Waals surface area (Å²) in [6.45, 7) is 3.01. The van der Waals surface area contributed by atoms with Gasteiger partial charge in [-0.05, 0) is 12.1 Å². The predicted octanol–water partition coefficient (Wildman–Crippen LogP) is -0.478. The molecule has 4 rings (SSSR count). The molecule has 8 heteroatoms. The molecule has 2 aromatic rings. The van der Waals surface area contributed by atoms with Gasteiger partial charge < -0.3 is 14.8 Å². The number of carbonyl (C=O) groups excluding carboxylic acids is 2. The zero-order chi connectivity index (χ0) is 17.6. The van der Waals surface area contributed by atoms with E-state index >= 15 is 0 Å². The summed E-state index contributed by atoms with van der Waals surface area (Å²) in [5.41, 5.74) is 0.155. The second kappa shape index (κ2) is 5.96. The van der Waals surface area contributed by atoms with Crippen LogP contribution in [0.15, 0.2) is 29.1 Å². The average molecular weight is 341 g/mol. The molecule has 1 atom stereocenters. The molecule has 0 saturated carbocycles. The molecule has 2 fully saturated rings. The number of rotatable bonds is 1. The first kappa shape index (κ1) is 15.8. The van der Waals surface area contributed by atoms with E-state index in [0.717, 1.165) is 6.54 Å². The van der Waals surface area contributed by atoms with Crippen molar-refractivity contribution >= 4 is 22.7 Å². The van der Waals surface area contributed by atoms with Crippen LogP contribution < -0.4 is 5.56 Å². The van der Waals surface area contributed by atoms with Crippen molar-refractivity contribution in [1.29, 1.82) is 0 Å². The highest BCUT2D eigenvalue weighted by atomic mass is 16.2. The summed E-state index contributed by atoms with van der Waals surface area (Å²) in [5, 5.41) is 0.452. The minimum Gasteiger partial charge on any atom is -0.343 e. The lowest BCUT2D eigenvalue weighted by Gasteiger charge is -2.45. The van der Waals surface area contributed by atoms with Crippen molar-refractivity contribution in [3.05, 3.63) is 40.4 Å². The number of carbonyl (C=O) groups is 2. The largest absolute Gasteiger partial charge is 0.343 e. The van der Waals surface area contributed by atoms with E-state index in [4.69, 9.17) is 0 Å². The van der Waals surface area contributed by atoms with E-state index in [1.165, 1.54) is 0 Å². The van der Waals surface area contributed by atoms with Crippen LogP contribution in [0.3, 0.4) is 0 Å². The van der Waals surface area contributed by atoms with Crippen LogP contribution in [0.4, 0.5) is 0 Å². The number of likely N-dealkylation sites (N-methyl/N-ethyl adjacent to an activating group) is 1. The number of aromatic nitrogens is 2. The first-order chi connectivity index (χ1) is 12.0. The summed E-state index contributed by atoms with van der Waals surface area (Å²) in [5.74, 6) is -0.291. The van der Waals surface area contributed by atoms with Gasteiger partial charge in [-0.2, -0.15) is 0 Å². The summed E-state index contributed by atoms with van der Waals surface area (Å²) >= 11 is 0. The van der Waals surface area contributed by atoms with Crippen molar-refractivity contribution < 1.29 is 9.59 Å². The summed E-state index contributed by atoms with van der Waals surface area (Å²) in [4.78, 5) is 49.6. The van der Waals surface area contributed by atoms with Crippen LogP contribution in [0, 0.1) is 0 Å². The third-order valence-electron chi connectivity index (χ3n) is 4.98. The molecule has 0 spiro atoms. The van der Waals surface area contributed by atoms with Crippen molar-refractivity contribution in [2.75, 3.05) is 39.8 Å². The molecule has 2 aliphatic heterocycles. The Morgan fingerprint density at radius 3 is 2.76 bits per heavy atom. The third kappa shape index (κ3) is 2.68. The molecule has 2 aliphatic rings. The van der Waals surface area contributed by atoms with Gasteiger partial charge in [-0.1, -0.05) is 12.1 Å². The van der Waals surface area contributed by atoms with Crippen molar-refractivity contribution in [2.45, 2.75) is 6.04 Å². The average Bonchev–Trinajstić information content (AvgIpc) is 2.64. The molecule has 2 amide bonds. The molecule has 1 aromatic heterocycles. The molecular formula is C17H19N5O3. The maximum absolute atomic E-state index is 12.8. The first-order valence-electron chi connectivity index (χ1n) is 8.32. The second-order valence-corrected chi connectivity index (χ2v) is 6.49. The molecule has 3 heterocycles. The smallest absolute Gasteiger partial charge is 0.289 e. The van der Waals surface area contributed by atoms with Crippen molar-refractivity contribution in [3.63, 3.8) is 0 Å². The van der Waals surface area contributed by atoms with E-state index in [1.807, 2.05) is 0 Å². The predicted molar refractivity (Wildman–Crippen MR) is 91.3 cm³/mol. The Labute approximate surface area is 144 Å². The lowest BCUT2D eigenvalue weighted by molar-refractivity contribution is -0.142. The SMILES string of the molecule is CN1CCN2CCN(C(=O)c3nc4ccccc4c(=O)[nH]3)CC2C1=O. The zero-order valence-corrected chi connectivity index (χ0v) is 13.9. The zero-order valence-electron chi connectivity index (χ0n) is 13.9. The fourth-order valence-electron chi connectivity index (χ4n) is 3.49. The summed E-state index contributed by atoms with van der Waals surface area (Å²) < 4.78 is 0. The summed E-state index contributed by atoms with van der Waals surface area (Å²) in [7, 11) is 1.78. The van der Waals surface area contributed by atoms with E-state index in [-0.39, 0.29) is 29.2 Å². The van der Waals surface area contributed by atoms with Crippen LogP contribution in [0.5, 0.6) is 0 Å². The van der Waals surface area contributed by atoms with Gasteiger partial charge in [0.2, 0.25) is 5.91 Å². The van der Waals surface area contributed by atoms with Gasteiger partial charge in [-0.15, -0.1) is 0 Å². The number of aromatic amines is 1. The number of H-pyrrole nitrogens is 1. The molecular weight excluding hydrogens is 322 g/mol. The highest BCUT2D eigenvalue weighted by Crippen LogP contribution is 2.17. The molecule has 130 valence electrons. The van der Waals surface area contributed by atoms with Crippen LogP contribution >= 0.6 is 0 Å². The third-order valence-corrected chi connectivity index (χ3v) is 4.98. The van der Waals surface area contributed by atoms with Crippen LogP contribution in [0.2, 0.25) is 0 Å². The minimum absolute atomic E-state index is 0.0220. The van der Waals surface area contributed by atoms with Gasteiger partial charge in [0.25, 0.3) is 11.5 Å². The van der Waals surface area contributed by atoms with Gasteiger partial charge in [0.05, 0.1) is 10.9 Å². The molecule has 1 N–H and O–H groups in total. The molecule has 1 aromatic carbocycles. The van der Waals surface area contributed by atoms with E-state index in [2.05, 4.69) is 14.9 Å². The Morgan fingerprint density at radius 2 is 1.92 bits per heavy atom. The number of amides is 2. The lowest BCUT2D eigenvalue weighted by atomic mass is 10.1. The van der Waals surface area contributed by atoms with E-state index in [9.17, 15) is 14.4 Å². The summed E-state index contributed by atoms with van der Waals surface area (Å²) in [6, 6.07) is 6.59. The fraction of sp³-hybridized carbons (Fsp3) is 0.412. The van der Waals surface area contributed by atoms with E-state index < -0.39 is 0 Å². The maximum Gasteiger partial charge on any atom is 0.289 e. The number of fused-ring (bicyclic) bond motifs is 2. The molecule has 0 radical (unpaired) electrons. The quantitative estimate of drug-likeness (QED) is 0.757. The number of benzene rings is 1. The standard InChI is InChI=1S/C17H19N5O3/c1-20-6-7-21-8-9-22(10-13(21)16(20)24)17(25)14-18-12-5-3-2-4-11(12)15(23)19-14/h2-5,13H,6-10H2,1H3,(H,18,19,23). The minimum atomic E-state index is -0.344. The van der Waals surface area contributed by atoms with Gasteiger partial charge in [0.15, 0.2) is 5.82 Å². The first-order valence-corrected chi connectivity index (χ1v) is 8.32. The highest BCUT2D eigenvalue weighted by molar-refractivity contribution is 5.93. The summed E-state index contributed by atoms with van der Waals surface area (Å²) in [6.07, 6.45) is 0. The van der Waals surface area contributed by atoms with Crippen molar-refractivity contribution in [1.82, 2.24) is 24.7 Å². The van der Waals surface area contributed by atoms with Crippen LogP contribution in [-0.4, -0.2) is 82.3 Å². The van der Waals surface area contributed by atoms with Crippen LogP contribution in [0.1, 0.15) is 10.6 Å². The Balaban J connectivity index is 1.61. The molecule has 8 nitrogen and oxygen atoms in total. The molecule has 25 heavy (non-hydrogen) atoms. The van der Waals surface area contributed by atoms with Crippen LogP contribution in [-0.2, 0) is 4.79 Å². The molecule has 0 bridgehead atoms. The monoisotopic (exact) mass is 341 g/mol. The molecule has 1 unspecified atom stereocenters. The normalized spacial score (nSPS) is 21.5. The molecule has 0 aliphatic carbocycles.